The molecule has 6 heteroatoms. The van der Waals surface area contributed by atoms with Crippen LogP contribution in [-0.4, -0.2) is 15.9 Å². The monoisotopic (exact) mass is 278 g/mol. The second kappa shape index (κ2) is 5.75. The fourth-order valence-electron chi connectivity index (χ4n) is 1.80. The van der Waals surface area contributed by atoms with Gasteiger partial charge in [0.1, 0.15) is 11.0 Å². The standard InChI is InChI=1S/C13H15ClN4O/c1-3-10-11(7-16-13(10)14)18-9-4-5-15-12(6-9)17-8(2)19/h4-7,16H,3H2,1-2H3,(H2,15,17,18,19). The first kappa shape index (κ1) is 13.4. The molecule has 2 rings (SSSR count). The summed E-state index contributed by atoms with van der Waals surface area (Å²) < 4.78 is 0. The second-order valence-corrected chi connectivity index (χ2v) is 4.46. The molecule has 2 heterocycles. The van der Waals surface area contributed by atoms with E-state index in [1.165, 1.54) is 6.92 Å². The number of halogens is 1. The highest BCUT2D eigenvalue weighted by atomic mass is 35.5. The molecule has 5 nitrogen and oxygen atoms in total. The van der Waals surface area contributed by atoms with Crippen molar-refractivity contribution in [2.45, 2.75) is 20.3 Å². The third kappa shape index (κ3) is 3.26. The van der Waals surface area contributed by atoms with Crippen LogP contribution in [0.3, 0.4) is 0 Å². The van der Waals surface area contributed by atoms with Gasteiger partial charge in [-0.05, 0) is 12.5 Å². The summed E-state index contributed by atoms with van der Waals surface area (Å²) in [6, 6.07) is 3.59. The zero-order valence-corrected chi connectivity index (χ0v) is 11.5. The molecule has 0 radical (unpaired) electrons. The molecule has 0 saturated carbocycles. The highest BCUT2D eigenvalue weighted by Gasteiger charge is 2.08. The molecule has 0 aliphatic carbocycles. The number of carbonyl (C=O) groups excluding carboxylic acids is 1. The number of H-pyrrole nitrogens is 1. The molecular formula is C13H15ClN4O. The van der Waals surface area contributed by atoms with Crippen molar-refractivity contribution in [2.75, 3.05) is 10.6 Å². The van der Waals surface area contributed by atoms with Gasteiger partial charge >= 0.3 is 0 Å². The molecule has 0 unspecified atom stereocenters. The maximum atomic E-state index is 11.0. The molecule has 0 bridgehead atoms. The normalized spacial score (nSPS) is 10.3. The van der Waals surface area contributed by atoms with Gasteiger partial charge in [-0.1, -0.05) is 18.5 Å². The van der Waals surface area contributed by atoms with Crippen LogP contribution in [0.2, 0.25) is 5.15 Å². The first-order valence-corrected chi connectivity index (χ1v) is 6.34. The predicted molar refractivity (Wildman–Crippen MR) is 77.0 cm³/mol. The maximum Gasteiger partial charge on any atom is 0.222 e. The minimum atomic E-state index is -0.149. The van der Waals surface area contributed by atoms with Crippen molar-refractivity contribution in [3.05, 3.63) is 35.2 Å². The highest BCUT2D eigenvalue weighted by molar-refractivity contribution is 6.30. The van der Waals surface area contributed by atoms with E-state index in [0.717, 1.165) is 23.4 Å². The van der Waals surface area contributed by atoms with Crippen molar-refractivity contribution in [3.8, 4) is 0 Å². The Hall–Kier alpha value is -2.01. The Kier molecular flexibility index (Phi) is 4.06. The zero-order valence-electron chi connectivity index (χ0n) is 10.7. The van der Waals surface area contributed by atoms with E-state index in [1.807, 2.05) is 19.2 Å². The largest absolute Gasteiger partial charge is 0.354 e. The number of nitrogens with zero attached hydrogens (tertiary/aromatic N) is 1. The lowest BCUT2D eigenvalue weighted by Crippen LogP contribution is -2.07. The summed E-state index contributed by atoms with van der Waals surface area (Å²) in [5.74, 6) is 0.362. The van der Waals surface area contributed by atoms with E-state index in [0.29, 0.717) is 11.0 Å². The molecule has 0 fully saturated rings. The van der Waals surface area contributed by atoms with Crippen LogP contribution < -0.4 is 10.6 Å². The number of nitrogens with one attached hydrogen (secondary N) is 3. The summed E-state index contributed by atoms with van der Waals surface area (Å²) in [6.45, 7) is 3.48. The van der Waals surface area contributed by atoms with Crippen molar-refractivity contribution in [3.63, 3.8) is 0 Å². The number of aromatic nitrogens is 2. The molecule has 2 aromatic heterocycles. The minimum Gasteiger partial charge on any atom is -0.354 e. The summed E-state index contributed by atoms with van der Waals surface area (Å²) in [6.07, 6.45) is 4.28. The second-order valence-electron chi connectivity index (χ2n) is 4.08. The molecule has 0 saturated heterocycles. The average molecular weight is 279 g/mol. The molecular weight excluding hydrogens is 264 g/mol. The topological polar surface area (TPSA) is 69.8 Å². The zero-order chi connectivity index (χ0) is 13.8. The van der Waals surface area contributed by atoms with Gasteiger partial charge in [0.15, 0.2) is 0 Å². The molecule has 100 valence electrons. The van der Waals surface area contributed by atoms with Crippen molar-refractivity contribution in [2.24, 2.45) is 0 Å². The van der Waals surface area contributed by atoms with E-state index >= 15 is 0 Å². The van der Waals surface area contributed by atoms with E-state index in [2.05, 4.69) is 20.6 Å². The number of amides is 1. The molecule has 0 atom stereocenters. The van der Waals surface area contributed by atoms with Crippen molar-refractivity contribution < 1.29 is 4.79 Å². The van der Waals surface area contributed by atoms with Crippen LogP contribution in [0.15, 0.2) is 24.5 Å². The van der Waals surface area contributed by atoms with Gasteiger partial charge in [-0.3, -0.25) is 4.79 Å². The first-order chi connectivity index (χ1) is 9.10. The smallest absolute Gasteiger partial charge is 0.222 e. The Bertz CT molecular complexity index is 594. The number of hydrogen-bond acceptors (Lipinski definition) is 3. The van der Waals surface area contributed by atoms with Gasteiger partial charge in [0.2, 0.25) is 5.91 Å². The van der Waals surface area contributed by atoms with E-state index in [-0.39, 0.29) is 5.91 Å². The number of aromatic amines is 1. The highest BCUT2D eigenvalue weighted by Crippen LogP contribution is 2.27. The van der Waals surface area contributed by atoms with E-state index in [9.17, 15) is 4.79 Å². The van der Waals surface area contributed by atoms with Crippen LogP contribution in [0.1, 0.15) is 19.4 Å². The summed E-state index contributed by atoms with van der Waals surface area (Å²) in [7, 11) is 0. The van der Waals surface area contributed by atoms with Crippen LogP contribution >= 0.6 is 11.6 Å². The Morgan fingerprint density at radius 1 is 1.53 bits per heavy atom. The van der Waals surface area contributed by atoms with Crippen LogP contribution in [-0.2, 0) is 11.2 Å². The van der Waals surface area contributed by atoms with E-state index in [1.54, 1.807) is 12.3 Å². The van der Waals surface area contributed by atoms with Gasteiger partial charge in [-0.25, -0.2) is 4.98 Å². The van der Waals surface area contributed by atoms with E-state index < -0.39 is 0 Å². The van der Waals surface area contributed by atoms with Crippen molar-refractivity contribution in [1.82, 2.24) is 9.97 Å². The Morgan fingerprint density at radius 2 is 2.32 bits per heavy atom. The predicted octanol–water partition coefficient (Wildman–Crippen LogP) is 3.33. The quantitative estimate of drug-likeness (QED) is 0.803. The molecule has 2 aromatic rings. The average Bonchev–Trinajstić information content (AvgIpc) is 2.69. The Morgan fingerprint density at radius 3 is 3.00 bits per heavy atom. The SMILES string of the molecule is CCc1c(Nc2ccnc(NC(C)=O)c2)c[nH]c1Cl. The number of carbonyl (C=O) groups is 1. The fraction of sp³-hybridized carbons (Fsp3) is 0.231. The lowest BCUT2D eigenvalue weighted by Gasteiger charge is -2.08. The maximum absolute atomic E-state index is 11.0. The molecule has 1 amide bonds. The van der Waals surface area contributed by atoms with Gasteiger partial charge < -0.3 is 15.6 Å². The molecule has 0 aliphatic rings. The summed E-state index contributed by atoms with van der Waals surface area (Å²) in [4.78, 5) is 18.0. The van der Waals surface area contributed by atoms with Crippen molar-refractivity contribution in [1.29, 1.82) is 0 Å². The number of rotatable bonds is 4. The first-order valence-electron chi connectivity index (χ1n) is 5.96. The fourth-order valence-corrected chi connectivity index (χ4v) is 2.09. The summed E-state index contributed by atoms with van der Waals surface area (Å²) in [5.41, 5.74) is 2.79. The molecule has 0 aromatic carbocycles. The molecule has 0 spiro atoms. The van der Waals surface area contributed by atoms with Gasteiger partial charge in [-0.2, -0.15) is 0 Å². The Balaban J connectivity index is 2.21. The third-order valence-electron chi connectivity index (χ3n) is 2.63. The lowest BCUT2D eigenvalue weighted by atomic mass is 10.2. The van der Waals surface area contributed by atoms with Gasteiger partial charge in [0.05, 0.1) is 5.69 Å². The number of pyridine rings is 1. The number of hydrogen-bond donors (Lipinski definition) is 3. The molecule has 0 aliphatic heterocycles. The minimum absolute atomic E-state index is 0.149. The van der Waals surface area contributed by atoms with Crippen molar-refractivity contribution >= 4 is 34.7 Å². The lowest BCUT2D eigenvalue weighted by molar-refractivity contribution is -0.114. The van der Waals surface area contributed by atoms with Crippen LogP contribution in [0.4, 0.5) is 17.2 Å². The van der Waals surface area contributed by atoms with Gasteiger partial charge in [-0.15, -0.1) is 0 Å². The van der Waals surface area contributed by atoms with Crippen LogP contribution in [0.25, 0.3) is 0 Å². The van der Waals surface area contributed by atoms with Gasteiger partial charge in [0.25, 0.3) is 0 Å². The van der Waals surface area contributed by atoms with E-state index in [4.69, 9.17) is 11.6 Å². The number of anilines is 3. The summed E-state index contributed by atoms with van der Waals surface area (Å²) >= 11 is 6.05. The molecule has 3 N–H and O–H groups in total. The Labute approximate surface area is 116 Å². The van der Waals surface area contributed by atoms with Gasteiger partial charge in [0, 0.05) is 36.6 Å². The van der Waals surface area contributed by atoms with Crippen LogP contribution in [0, 0.1) is 0 Å². The van der Waals surface area contributed by atoms with Crippen LogP contribution in [0.5, 0.6) is 0 Å². The molecule has 19 heavy (non-hydrogen) atoms. The summed E-state index contributed by atoms with van der Waals surface area (Å²) in [5, 5.41) is 6.53. The third-order valence-corrected chi connectivity index (χ3v) is 2.97.